The summed E-state index contributed by atoms with van der Waals surface area (Å²) in [6.45, 7) is 10.4. The number of fused-ring (bicyclic) bond motifs is 6. The topological polar surface area (TPSA) is 105 Å². The largest absolute Gasteiger partial charge is 0.471 e. The lowest BCUT2D eigenvalue weighted by Crippen LogP contribution is -2.43. The van der Waals surface area contributed by atoms with Gasteiger partial charge in [-0.15, -0.1) is 12.4 Å². The fraction of sp³-hybridized carbons (Fsp3) is 0.343. The molecule has 2 aliphatic heterocycles. The number of benzene rings is 3. The Hall–Kier alpha value is -3.99. The summed E-state index contributed by atoms with van der Waals surface area (Å²) in [7, 11) is -4.11. The molecule has 6 bridgehead atoms. The third-order valence-electron chi connectivity index (χ3n) is 8.41. The molecule has 6 rings (SSSR count). The molecule has 1 fully saturated rings. The van der Waals surface area contributed by atoms with E-state index >= 15 is 0 Å². The molecule has 0 saturated carbocycles. The van der Waals surface area contributed by atoms with E-state index in [-0.39, 0.29) is 41.1 Å². The van der Waals surface area contributed by atoms with E-state index in [0.29, 0.717) is 43.4 Å². The number of rotatable bonds is 5. The molecule has 2 aliphatic rings. The summed E-state index contributed by atoms with van der Waals surface area (Å²) in [5.41, 5.74) is 4.92. The maximum Gasteiger partial charge on any atom is 0.264 e. The molecular weight excluding hydrogens is 622 g/mol. The van der Waals surface area contributed by atoms with E-state index in [9.17, 15) is 13.2 Å². The first-order valence-corrected chi connectivity index (χ1v) is 16.9. The first kappa shape index (κ1) is 33.4. The highest BCUT2D eigenvalue weighted by atomic mass is 35.5. The number of nitrogens with zero attached hydrogens (tertiary/aromatic N) is 4. The molecule has 1 saturated heterocycles. The normalized spacial score (nSPS) is 19.4. The van der Waals surface area contributed by atoms with Crippen LogP contribution in [0.25, 0.3) is 11.3 Å². The second kappa shape index (κ2) is 13.8. The Morgan fingerprint density at radius 2 is 1.63 bits per heavy atom. The third kappa shape index (κ3) is 7.35. The minimum Gasteiger partial charge on any atom is -0.471 e. The number of amides is 1. The zero-order valence-electron chi connectivity index (χ0n) is 26.5. The highest BCUT2D eigenvalue weighted by Gasteiger charge is 2.35. The molecular formula is C35H40ClN5O4S. The lowest BCUT2D eigenvalue weighted by Gasteiger charge is -2.33. The van der Waals surface area contributed by atoms with Gasteiger partial charge in [0.05, 0.1) is 17.1 Å². The van der Waals surface area contributed by atoms with E-state index in [1.54, 1.807) is 18.2 Å². The number of nitrogens with one attached hydrogen (secondary N) is 1. The molecule has 11 heteroatoms. The van der Waals surface area contributed by atoms with Gasteiger partial charge in [-0.05, 0) is 61.1 Å². The molecule has 4 aromatic rings. The van der Waals surface area contributed by atoms with Gasteiger partial charge in [-0.25, -0.2) is 18.1 Å². The van der Waals surface area contributed by atoms with E-state index in [4.69, 9.17) is 4.74 Å². The Morgan fingerprint density at radius 1 is 0.913 bits per heavy atom. The minimum atomic E-state index is -4.11. The van der Waals surface area contributed by atoms with Crippen molar-refractivity contribution in [3.05, 3.63) is 101 Å². The van der Waals surface area contributed by atoms with Crippen LogP contribution in [-0.4, -0.2) is 65.9 Å². The molecule has 46 heavy (non-hydrogen) atoms. The second-order valence-corrected chi connectivity index (χ2v) is 14.1. The summed E-state index contributed by atoms with van der Waals surface area (Å²) in [4.78, 5) is 27.5. The predicted molar refractivity (Wildman–Crippen MR) is 182 cm³/mol. The fourth-order valence-corrected chi connectivity index (χ4v) is 7.37. The number of carbonyl (C=O) groups excluding carboxylic acids is 1. The zero-order valence-corrected chi connectivity index (χ0v) is 28.1. The van der Waals surface area contributed by atoms with Crippen LogP contribution >= 0.6 is 12.4 Å². The molecule has 1 aromatic heterocycles. The smallest absolute Gasteiger partial charge is 0.264 e. The van der Waals surface area contributed by atoms with Gasteiger partial charge in [-0.3, -0.25) is 9.69 Å². The van der Waals surface area contributed by atoms with Crippen LogP contribution in [0.15, 0.2) is 83.8 Å². The number of aromatic nitrogens is 2. The fourth-order valence-electron chi connectivity index (χ4n) is 6.38. The van der Waals surface area contributed by atoms with Crippen molar-refractivity contribution < 1.29 is 17.9 Å². The summed E-state index contributed by atoms with van der Waals surface area (Å²) in [6.07, 6.45) is 0.444. The molecule has 1 N–H and O–H groups in total. The molecule has 0 aliphatic carbocycles. The lowest BCUT2D eigenvalue weighted by atomic mass is 10.00. The first-order chi connectivity index (χ1) is 21.6. The SMILES string of the molecule is Cc1cccc(C)c1-c1cc2nc(n1)NS(=O)(=O)c1cccc(c1)C(=O)N1CC(CN(Cc3ccccc3)[C@@H](CC(C)C)C1)O2.Cl. The lowest BCUT2D eigenvalue weighted by molar-refractivity contribution is 0.0681. The minimum absolute atomic E-state index is 0. The molecule has 2 atom stereocenters. The van der Waals surface area contributed by atoms with Crippen LogP contribution in [0.2, 0.25) is 0 Å². The molecule has 0 spiro atoms. The summed E-state index contributed by atoms with van der Waals surface area (Å²) in [5, 5.41) is 0. The molecule has 3 aromatic carbocycles. The van der Waals surface area contributed by atoms with Crippen LogP contribution in [0, 0.1) is 19.8 Å². The molecule has 9 nitrogen and oxygen atoms in total. The van der Waals surface area contributed by atoms with Crippen molar-refractivity contribution in [1.29, 1.82) is 0 Å². The van der Waals surface area contributed by atoms with Gasteiger partial charge in [-0.1, -0.05) is 68.4 Å². The second-order valence-electron chi connectivity index (χ2n) is 12.5. The summed E-state index contributed by atoms with van der Waals surface area (Å²) in [6, 6.07) is 24.3. The maximum atomic E-state index is 14.1. The Balaban J connectivity index is 0.00000417. The maximum absolute atomic E-state index is 14.1. The number of carbonyl (C=O) groups is 1. The van der Waals surface area contributed by atoms with Crippen LogP contribution in [0.5, 0.6) is 5.88 Å². The van der Waals surface area contributed by atoms with Gasteiger partial charge >= 0.3 is 0 Å². The Labute approximate surface area is 277 Å². The van der Waals surface area contributed by atoms with Crippen LogP contribution in [0.1, 0.15) is 47.3 Å². The molecule has 242 valence electrons. The standard InChI is InChI=1S/C35H39N5O4S.ClH/c1-23(2)16-28-20-40-22-29(21-39(28)19-26-12-6-5-7-13-26)44-32-18-31(33-24(3)10-8-11-25(33)4)36-35(37-32)38-45(42,43)30-15-9-14-27(17-30)34(40)41;/h5-15,17-18,23,28-29H,16,19-22H2,1-4H3,(H,36,37,38);1H/t28-,29?;/m0./s1. The van der Waals surface area contributed by atoms with Crippen LogP contribution in [0.4, 0.5) is 5.95 Å². The average Bonchev–Trinajstić information content (AvgIpc) is 3.15. The number of ether oxygens (including phenoxy) is 1. The van der Waals surface area contributed by atoms with Crippen molar-refractivity contribution in [3.63, 3.8) is 0 Å². The van der Waals surface area contributed by atoms with Crippen LogP contribution in [-0.2, 0) is 16.6 Å². The number of hydrogen-bond donors (Lipinski definition) is 1. The Bertz CT molecular complexity index is 1800. The molecule has 0 radical (unpaired) electrons. The van der Waals surface area contributed by atoms with Gasteiger partial charge < -0.3 is 9.64 Å². The van der Waals surface area contributed by atoms with Gasteiger partial charge in [0.15, 0.2) is 0 Å². The highest BCUT2D eigenvalue weighted by Crippen LogP contribution is 2.31. The predicted octanol–water partition coefficient (Wildman–Crippen LogP) is 6.12. The van der Waals surface area contributed by atoms with Gasteiger partial charge in [0, 0.05) is 42.9 Å². The third-order valence-corrected chi connectivity index (χ3v) is 9.74. The van der Waals surface area contributed by atoms with E-state index < -0.39 is 16.1 Å². The van der Waals surface area contributed by atoms with Crippen molar-refractivity contribution in [1.82, 2.24) is 19.8 Å². The highest BCUT2D eigenvalue weighted by molar-refractivity contribution is 7.92. The van der Waals surface area contributed by atoms with Crippen molar-refractivity contribution in [3.8, 4) is 17.1 Å². The number of anilines is 1. The number of sulfonamides is 1. The zero-order chi connectivity index (χ0) is 31.7. The van der Waals surface area contributed by atoms with Gasteiger partial charge in [0.1, 0.15) is 6.10 Å². The van der Waals surface area contributed by atoms with Gasteiger partial charge in [0.2, 0.25) is 11.8 Å². The van der Waals surface area contributed by atoms with E-state index in [1.165, 1.54) is 17.7 Å². The number of halogens is 1. The Morgan fingerprint density at radius 3 is 2.35 bits per heavy atom. The monoisotopic (exact) mass is 661 g/mol. The van der Waals surface area contributed by atoms with Crippen molar-refractivity contribution in [2.75, 3.05) is 24.4 Å². The molecule has 1 unspecified atom stereocenters. The number of hydrogen-bond acceptors (Lipinski definition) is 7. The van der Waals surface area contributed by atoms with Crippen molar-refractivity contribution in [2.24, 2.45) is 5.92 Å². The van der Waals surface area contributed by atoms with Gasteiger partial charge in [-0.2, -0.15) is 4.98 Å². The quantitative estimate of drug-likeness (QED) is 0.275. The van der Waals surface area contributed by atoms with Crippen molar-refractivity contribution in [2.45, 2.75) is 57.7 Å². The summed E-state index contributed by atoms with van der Waals surface area (Å²) in [5.74, 6) is 0.317. The van der Waals surface area contributed by atoms with Crippen molar-refractivity contribution >= 4 is 34.3 Å². The van der Waals surface area contributed by atoms with Gasteiger partial charge in [0.25, 0.3) is 15.9 Å². The molecule has 3 heterocycles. The summed E-state index contributed by atoms with van der Waals surface area (Å²) >= 11 is 0. The average molecular weight is 662 g/mol. The van der Waals surface area contributed by atoms with Crippen LogP contribution in [0.3, 0.4) is 0 Å². The van der Waals surface area contributed by atoms with E-state index in [1.807, 2.05) is 55.1 Å². The Kier molecular flexibility index (Phi) is 10.0. The number of aryl methyl sites for hydroxylation is 2. The van der Waals surface area contributed by atoms with Crippen LogP contribution < -0.4 is 9.46 Å². The molecule has 1 amide bonds. The van der Waals surface area contributed by atoms with E-state index in [0.717, 1.165) is 23.1 Å². The summed E-state index contributed by atoms with van der Waals surface area (Å²) < 4.78 is 36.3. The van der Waals surface area contributed by atoms with E-state index in [2.05, 4.69) is 45.6 Å². The first-order valence-electron chi connectivity index (χ1n) is 15.4.